The first-order valence-corrected chi connectivity index (χ1v) is 4.45. The van der Waals surface area contributed by atoms with Crippen molar-refractivity contribution in [3.8, 4) is 0 Å². The van der Waals surface area contributed by atoms with Crippen molar-refractivity contribution in [3.05, 3.63) is 0 Å². The summed E-state index contributed by atoms with van der Waals surface area (Å²) in [5, 5.41) is 0. The fraction of sp³-hybridized carbons (Fsp3) is 0.778. The zero-order chi connectivity index (χ0) is 11.3. The molecule has 0 rings (SSSR count). The van der Waals surface area contributed by atoms with Crippen LogP contribution in [0.25, 0.3) is 0 Å². The normalized spacial score (nSPS) is 10.1. The fourth-order valence-electron chi connectivity index (χ4n) is 0.938. The molecule has 0 atom stereocenters. The van der Waals surface area contributed by atoms with Crippen LogP contribution in [0.15, 0.2) is 0 Å². The number of carbonyl (C=O) groups excluding carboxylic acids is 2. The Hall–Kier alpha value is -1.10. The van der Waals surface area contributed by atoms with Gasteiger partial charge in [0.1, 0.15) is 0 Å². The van der Waals surface area contributed by atoms with Crippen molar-refractivity contribution in [1.29, 1.82) is 0 Å². The Labute approximate surface area is 85.3 Å². The summed E-state index contributed by atoms with van der Waals surface area (Å²) in [5.41, 5.74) is 0. The minimum absolute atomic E-state index is 0.0589. The third-order valence-electron chi connectivity index (χ3n) is 1.83. The number of nitrogens with zero attached hydrogens (tertiary/aromatic N) is 3. The third-order valence-corrected chi connectivity index (χ3v) is 1.83. The highest BCUT2D eigenvalue weighted by Crippen LogP contribution is 1.91. The van der Waals surface area contributed by atoms with E-state index in [4.69, 9.17) is 0 Å². The molecule has 0 saturated heterocycles. The molecule has 0 aliphatic rings. The third kappa shape index (κ3) is 4.81. The van der Waals surface area contributed by atoms with Crippen LogP contribution in [0, 0.1) is 0 Å². The van der Waals surface area contributed by atoms with Crippen LogP contribution in [-0.2, 0) is 9.59 Å². The first kappa shape index (κ1) is 12.9. The maximum absolute atomic E-state index is 11.5. The molecule has 5 nitrogen and oxygen atoms in total. The van der Waals surface area contributed by atoms with Crippen LogP contribution >= 0.6 is 0 Å². The average Bonchev–Trinajstić information content (AvgIpc) is 2.02. The van der Waals surface area contributed by atoms with Gasteiger partial charge in [-0.05, 0) is 14.1 Å². The van der Waals surface area contributed by atoms with Gasteiger partial charge in [0.2, 0.25) is 11.8 Å². The molecule has 0 bridgehead atoms. The second-order valence-corrected chi connectivity index (χ2v) is 3.69. The molecule has 0 aromatic carbocycles. The zero-order valence-corrected chi connectivity index (χ0v) is 9.57. The topological polar surface area (TPSA) is 43.9 Å². The minimum atomic E-state index is -0.100. The maximum Gasteiger partial charge on any atom is 0.242 e. The summed E-state index contributed by atoms with van der Waals surface area (Å²) in [7, 11) is 7.11. The predicted octanol–water partition coefficient (Wildman–Crippen LogP) is -0.558. The second-order valence-electron chi connectivity index (χ2n) is 3.69. The Balaban J connectivity index is 4.01. The quantitative estimate of drug-likeness (QED) is 0.573. The highest BCUT2D eigenvalue weighted by Gasteiger charge is 2.13. The van der Waals surface area contributed by atoms with Gasteiger partial charge in [0.05, 0.1) is 13.2 Å². The molecule has 0 fully saturated rings. The summed E-state index contributed by atoms with van der Waals surface area (Å²) in [6.07, 6.45) is 0. The Kier molecular flexibility index (Phi) is 5.15. The van der Waals surface area contributed by atoms with Crippen LogP contribution in [0.4, 0.5) is 0 Å². The van der Waals surface area contributed by atoms with E-state index in [0.29, 0.717) is 6.67 Å². The summed E-state index contributed by atoms with van der Waals surface area (Å²) < 4.78 is 0. The molecule has 5 heteroatoms. The van der Waals surface area contributed by atoms with E-state index in [1.165, 1.54) is 11.8 Å². The molecular formula is C9H19N3O2. The van der Waals surface area contributed by atoms with Gasteiger partial charge in [0.15, 0.2) is 0 Å². The molecule has 0 aromatic heterocycles. The first-order valence-electron chi connectivity index (χ1n) is 4.45. The summed E-state index contributed by atoms with van der Waals surface area (Å²) in [6.45, 7) is 2.14. The smallest absolute Gasteiger partial charge is 0.242 e. The van der Waals surface area contributed by atoms with Crippen LogP contribution in [0.2, 0.25) is 0 Å². The van der Waals surface area contributed by atoms with Gasteiger partial charge in [0, 0.05) is 21.0 Å². The molecule has 0 N–H and O–H groups in total. The van der Waals surface area contributed by atoms with Crippen molar-refractivity contribution in [2.45, 2.75) is 6.92 Å². The van der Waals surface area contributed by atoms with Crippen LogP contribution in [0.5, 0.6) is 0 Å². The molecule has 0 saturated carbocycles. The Morgan fingerprint density at radius 1 is 1.00 bits per heavy atom. The maximum atomic E-state index is 11.5. The lowest BCUT2D eigenvalue weighted by molar-refractivity contribution is -0.138. The van der Waals surface area contributed by atoms with Crippen molar-refractivity contribution >= 4 is 11.8 Å². The molecule has 14 heavy (non-hydrogen) atoms. The molecule has 0 aromatic rings. The standard InChI is InChI=1S/C9H19N3O2/c1-8(13)11(4)6-9(14)12(5)7-10(2)3/h6-7H2,1-5H3. The first-order chi connectivity index (χ1) is 6.34. The number of hydrogen-bond donors (Lipinski definition) is 0. The van der Waals surface area contributed by atoms with Gasteiger partial charge in [0.25, 0.3) is 0 Å². The van der Waals surface area contributed by atoms with Gasteiger partial charge in [-0.3, -0.25) is 14.5 Å². The number of amides is 2. The van der Waals surface area contributed by atoms with E-state index in [1.807, 2.05) is 19.0 Å². The van der Waals surface area contributed by atoms with E-state index in [2.05, 4.69) is 0 Å². The molecule has 0 radical (unpaired) electrons. The van der Waals surface area contributed by atoms with E-state index in [-0.39, 0.29) is 18.4 Å². The van der Waals surface area contributed by atoms with Crippen molar-refractivity contribution in [2.24, 2.45) is 0 Å². The molecular weight excluding hydrogens is 182 g/mol. The summed E-state index contributed by atoms with van der Waals surface area (Å²) in [6, 6.07) is 0. The van der Waals surface area contributed by atoms with Crippen molar-refractivity contribution in [3.63, 3.8) is 0 Å². The number of likely N-dealkylation sites (N-methyl/N-ethyl adjacent to an activating group) is 2. The number of hydrogen-bond acceptors (Lipinski definition) is 3. The lowest BCUT2D eigenvalue weighted by Gasteiger charge is -2.23. The van der Waals surface area contributed by atoms with Gasteiger partial charge < -0.3 is 9.80 Å². The summed E-state index contributed by atoms with van der Waals surface area (Å²) >= 11 is 0. The molecule has 0 heterocycles. The van der Waals surface area contributed by atoms with E-state index < -0.39 is 0 Å². The highest BCUT2D eigenvalue weighted by molar-refractivity contribution is 5.83. The minimum Gasteiger partial charge on any atom is -0.337 e. The summed E-state index contributed by atoms with van der Waals surface area (Å²) in [5.74, 6) is -0.159. The van der Waals surface area contributed by atoms with Gasteiger partial charge >= 0.3 is 0 Å². The average molecular weight is 201 g/mol. The van der Waals surface area contributed by atoms with Gasteiger partial charge in [-0.15, -0.1) is 0 Å². The molecule has 0 aliphatic carbocycles. The number of carbonyl (C=O) groups is 2. The second kappa shape index (κ2) is 5.59. The van der Waals surface area contributed by atoms with Crippen LogP contribution in [0.1, 0.15) is 6.92 Å². The number of rotatable bonds is 4. The van der Waals surface area contributed by atoms with Gasteiger partial charge in [-0.1, -0.05) is 0 Å². The predicted molar refractivity (Wildman–Crippen MR) is 54.6 cm³/mol. The Morgan fingerprint density at radius 2 is 1.50 bits per heavy atom. The largest absolute Gasteiger partial charge is 0.337 e. The molecule has 2 amide bonds. The fourth-order valence-corrected chi connectivity index (χ4v) is 0.938. The monoisotopic (exact) mass is 201 g/mol. The van der Waals surface area contributed by atoms with Crippen LogP contribution < -0.4 is 0 Å². The highest BCUT2D eigenvalue weighted by atomic mass is 16.2. The lowest BCUT2D eigenvalue weighted by atomic mass is 10.4. The Bertz CT molecular complexity index is 216. The Morgan fingerprint density at radius 3 is 1.86 bits per heavy atom. The van der Waals surface area contributed by atoms with Crippen molar-refractivity contribution in [2.75, 3.05) is 41.4 Å². The molecule has 0 aliphatic heterocycles. The molecule has 0 spiro atoms. The summed E-state index contributed by atoms with van der Waals surface area (Å²) in [4.78, 5) is 27.2. The molecule has 82 valence electrons. The lowest BCUT2D eigenvalue weighted by Crippen LogP contribution is -2.42. The van der Waals surface area contributed by atoms with Crippen molar-refractivity contribution < 1.29 is 9.59 Å². The van der Waals surface area contributed by atoms with Crippen LogP contribution in [-0.4, -0.2) is 67.9 Å². The van der Waals surface area contributed by atoms with E-state index in [9.17, 15) is 9.59 Å². The zero-order valence-electron chi connectivity index (χ0n) is 9.57. The van der Waals surface area contributed by atoms with Gasteiger partial charge in [-0.25, -0.2) is 0 Å². The van der Waals surface area contributed by atoms with E-state index >= 15 is 0 Å². The van der Waals surface area contributed by atoms with E-state index in [1.54, 1.807) is 19.0 Å². The SMILES string of the molecule is CC(=O)N(C)CC(=O)N(C)CN(C)C. The van der Waals surface area contributed by atoms with Gasteiger partial charge in [-0.2, -0.15) is 0 Å². The van der Waals surface area contributed by atoms with Crippen molar-refractivity contribution in [1.82, 2.24) is 14.7 Å². The molecule has 0 unspecified atom stereocenters. The van der Waals surface area contributed by atoms with Crippen LogP contribution in [0.3, 0.4) is 0 Å². The van der Waals surface area contributed by atoms with E-state index in [0.717, 1.165) is 0 Å².